The molecule has 6 unspecified atom stereocenters. The molecule has 5 aliphatic rings. The zero-order chi connectivity index (χ0) is 72.3. The van der Waals surface area contributed by atoms with E-state index in [0.717, 1.165) is 14.7 Å². The molecule has 5 aliphatic heterocycles. The Bertz CT molecular complexity index is 3670. The van der Waals surface area contributed by atoms with Gasteiger partial charge in [-0.3, -0.25) is 38.7 Å². The number of carbonyl (C=O) groups is 9. The molecule has 12 N–H and O–H groups in total. The Hall–Kier alpha value is -9.98. The number of nitrogens with zero attached hydrogens (tertiary/aromatic N) is 7. The molecular weight excluding hydrogens is 1280 g/mol. The molecule has 0 saturated carbocycles. The molecule has 8 rings (SSSR count). The molecule has 0 spiro atoms. The van der Waals surface area contributed by atoms with E-state index in [1.54, 1.807) is 45.0 Å². The Morgan fingerprint density at radius 1 is 0.727 bits per heavy atom. The lowest BCUT2D eigenvalue weighted by molar-refractivity contribution is -0.137. The molecule has 6 atom stereocenters. The highest BCUT2D eigenvalue weighted by molar-refractivity contribution is 6.43. The van der Waals surface area contributed by atoms with Gasteiger partial charge in [0, 0.05) is 75.4 Å². The minimum absolute atomic E-state index is 0.00191. The highest BCUT2D eigenvalue weighted by Gasteiger charge is 2.57. The summed E-state index contributed by atoms with van der Waals surface area (Å²) < 4.78 is 35.3. The third-order valence-corrected chi connectivity index (χ3v) is 17.4. The number of unbranched alkanes of at least 4 members (excludes halogenated alkanes) is 4. The van der Waals surface area contributed by atoms with Gasteiger partial charge in [0.2, 0.25) is 5.91 Å². The van der Waals surface area contributed by atoms with E-state index in [0.29, 0.717) is 60.9 Å². The van der Waals surface area contributed by atoms with Crippen LogP contribution in [0.3, 0.4) is 0 Å². The maximum atomic E-state index is 14.5. The summed E-state index contributed by atoms with van der Waals surface area (Å²) in [5.74, 6) is -2.41. The maximum absolute atomic E-state index is 14.5. The minimum atomic E-state index is -1.87. The summed E-state index contributed by atoms with van der Waals surface area (Å²) in [6.45, 7) is 16.8. The van der Waals surface area contributed by atoms with Crippen LogP contribution in [0.4, 0.5) is 31.4 Å². The summed E-state index contributed by atoms with van der Waals surface area (Å²) in [4.78, 5) is 129. The first-order valence-corrected chi connectivity index (χ1v) is 32.7. The second kappa shape index (κ2) is 32.1. The fourth-order valence-electron chi connectivity index (χ4n) is 12.3. The molecule has 31 heteroatoms. The van der Waals surface area contributed by atoms with Gasteiger partial charge < -0.3 is 81.6 Å². The van der Waals surface area contributed by atoms with Crippen molar-refractivity contribution in [1.29, 1.82) is 5.53 Å². The zero-order valence-corrected chi connectivity index (χ0v) is 56.9. The quantitative estimate of drug-likeness (QED) is 0.0124. The number of aliphatic hydroxyl groups is 2. The molecular formula is C68H90N14O17. The number of nitrogens with two attached hydrogens (primary N) is 3. The first kappa shape index (κ1) is 74.8. The molecule has 2 fully saturated rings. The highest BCUT2D eigenvalue weighted by atomic mass is 16.6. The number of hydrogen-bond donors (Lipinski definition) is 9. The summed E-state index contributed by atoms with van der Waals surface area (Å²) in [7, 11) is 2.78. The molecule has 99 heavy (non-hydrogen) atoms. The lowest BCUT2D eigenvalue weighted by atomic mass is 9.96. The Morgan fingerprint density at radius 3 is 1.75 bits per heavy atom. The Kier molecular flexibility index (Phi) is 24.3. The third kappa shape index (κ3) is 17.5. The predicted molar refractivity (Wildman–Crippen MR) is 362 cm³/mol. The molecule has 31 nitrogen and oxygen atoms in total. The van der Waals surface area contributed by atoms with Crippen molar-refractivity contribution in [3.8, 4) is 23.0 Å². The van der Waals surface area contributed by atoms with E-state index in [1.807, 2.05) is 13.8 Å². The number of urea groups is 1. The van der Waals surface area contributed by atoms with Crippen molar-refractivity contribution in [2.24, 2.45) is 33.2 Å². The molecule has 0 radical (unpaired) electrons. The Labute approximate surface area is 573 Å². The van der Waals surface area contributed by atoms with Crippen LogP contribution in [-0.2, 0) is 35.3 Å². The number of anilines is 3. The van der Waals surface area contributed by atoms with Crippen LogP contribution in [0.2, 0.25) is 0 Å². The van der Waals surface area contributed by atoms with Crippen LogP contribution in [0, 0.1) is 11.4 Å². The fourth-order valence-corrected chi connectivity index (χ4v) is 12.3. The first-order valence-electron chi connectivity index (χ1n) is 32.7. The second-order valence-corrected chi connectivity index (χ2v) is 26.3. The van der Waals surface area contributed by atoms with Gasteiger partial charge in [0.15, 0.2) is 35.5 Å². The van der Waals surface area contributed by atoms with Crippen LogP contribution >= 0.6 is 0 Å². The molecule has 3 aromatic carbocycles. The third-order valence-electron chi connectivity index (χ3n) is 17.4. The van der Waals surface area contributed by atoms with E-state index in [-0.39, 0.29) is 159 Å². The molecule has 0 bridgehead atoms. The van der Waals surface area contributed by atoms with E-state index < -0.39 is 77.4 Å². The minimum Gasteiger partial charge on any atom is -0.493 e. The number of fused-ring (bicyclic) bond motifs is 4. The molecule has 5 heterocycles. The van der Waals surface area contributed by atoms with E-state index in [4.69, 9.17) is 51.2 Å². The summed E-state index contributed by atoms with van der Waals surface area (Å²) in [5.41, 5.74) is 24.2. The second-order valence-electron chi connectivity index (χ2n) is 26.3. The van der Waals surface area contributed by atoms with Gasteiger partial charge in [-0.05, 0) is 101 Å². The Morgan fingerprint density at radius 2 is 1.25 bits per heavy atom. The van der Waals surface area contributed by atoms with E-state index >= 15 is 0 Å². The number of methoxy groups -OCH3 is 2. The van der Waals surface area contributed by atoms with Crippen molar-refractivity contribution >= 4 is 76.4 Å². The molecule has 0 aliphatic carbocycles. The summed E-state index contributed by atoms with van der Waals surface area (Å²) in [6.07, 6.45) is 0.296. The van der Waals surface area contributed by atoms with Crippen molar-refractivity contribution < 1.29 is 81.8 Å². The lowest BCUT2D eigenvalue weighted by Gasteiger charge is -2.40. The normalized spacial score (nSPS) is 20.3. The van der Waals surface area contributed by atoms with Gasteiger partial charge in [0.25, 0.3) is 29.5 Å². The van der Waals surface area contributed by atoms with E-state index in [2.05, 4.69) is 39.2 Å². The number of imide groups is 1. The zero-order valence-electron chi connectivity index (χ0n) is 56.9. The van der Waals surface area contributed by atoms with Gasteiger partial charge in [-0.2, -0.15) is 5.11 Å². The average molecular weight is 1380 g/mol. The van der Waals surface area contributed by atoms with Crippen LogP contribution in [-0.4, -0.2) is 186 Å². The standard InChI is InChI=1S/C68H90N14O17/c1-39(2)57(76-54(83)18-12-10-13-26-78-55(84)23-24-56(78)85)47(77-72)35-74-46(17-16-25-73-63(69)91)58(86)75-43-21-19-42(20-22-43)38-98-64(92)81-48-31-52(50(94-8)29-44(48)59(87)79-36-40(3)33-67(79,70)61(81)89)96-27-14-11-15-28-97-53-32-49-45(30-51(53)95-9)60(88)80-37-41(4)34-68(80,71)62(90)82(49)65(93)99-66(5,6)7/h19-24,29-32,39,47,57,61-62,72,89-90H,3-4,10-18,25-28,33-38,70-71H2,1-2,5-9H3,(H,75,86)(H,76,83)(H3,69,73,91). The van der Waals surface area contributed by atoms with Crippen LogP contribution in [0.1, 0.15) is 132 Å². The van der Waals surface area contributed by atoms with Crippen molar-refractivity contribution in [3.63, 3.8) is 0 Å². The first-order chi connectivity index (χ1) is 46.9. The maximum Gasteiger partial charge on any atom is 0.417 e. The Balaban J connectivity index is 0.905. The smallest absolute Gasteiger partial charge is 0.417 e. The van der Waals surface area contributed by atoms with Gasteiger partial charge in [-0.1, -0.05) is 56.7 Å². The topological polar surface area (TPSA) is 428 Å². The average Bonchev–Trinajstić information content (AvgIpc) is 1.59. The van der Waals surface area contributed by atoms with Crippen molar-refractivity contribution in [1.82, 2.24) is 25.3 Å². The number of nitrogens with one attached hydrogen (secondary N) is 4. The largest absolute Gasteiger partial charge is 0.493 e. The van der Waals surface area contributed by atoms with Crippen LogP contribution in [0.15, 0.2) is 95.1 Å². The summed E-state index contributed by atoms with van der Waals surface area (Å²) >= 11 is 0. The molecule has 534 valence electrons. The lowest BCUT2D eigenvalue weighted by Crippen LogP contribution is -2.66. The molecule has 2 saturated heterocycles. The van der Waals surface area contributed by atoms with Gasteiger partial charge in [-0.15, -0.1) is 0 Å². The number of ether oxygens (including phenoxy) is 6. The number of hydrogen-bond acceptors (Lipinski definition) is 22. The summed E-state index contributed by atoms with van der Waals surface area (Å²) in [5, 5.41) is 36.0. The van der Waals surface area contributed by atoms with Crippen molar-refractivity contribution in [2.45, 2.75) is 153 Å². The number of benzene rings is 3. The van der Waals surface area contributed by atoms with E-state index in [9.17, 15) is 53.4 Å². The monoisotopic (exact) mass is 1370 g/mol. The highest BCUT2D eigenvalue weighted by Crippen LogP contribution is 2.47. The number of amides is 10. The predicted octanol–water partition coefficient (Wildman–Crippen LogP) is 5.85. The summed E-state index contributed by atoms with van der Waals surface area (Å²) in [6, 6.07) is 9.67. The SMILES string of the molecule is C=C1CN2C(=O)c3cc(OC)c(OCCCCCOc4cc5c(cc4OC)C(=O)N4CC(=C)CC4(N)C(O)N5C(=O)OC(C)(C)C)cc3N(C(=O)OCc3ccc(NC(=O)C(CCCNC(N)=O)=NCC(N=N)C(NC(=O)CCCCCN4C(=O)C=CC4=O)C(C)C)cc3)C(O)C2(N)C1. The van der Waals surface area contributed by atoms with E-state index in [1.165, 1.54) is 60.4 Å². The van der Waals surface area contributed by atoms with Crippen LogP contribution in [0.25, 0.3) is 0 Å². The number of carbonyl (C=O) groups excluding carboxylic acids is 9. The van der Waals surface area contributed by atoms with Gasteiger partial charge >= 0.3 is 18.2 Å². The van der Waals surface area contributed by atoms with Crippen LogP contribution < -0.4 is 61.9 Å². The van der Waals surface area contributed by atoms with Gasteiger partial charge in [0.05, 0.1) is 68.2 Å². The number of aliphatic hydroxyl groups excluding tert-OH is 2. The fraction of sp³-hybridized carbons (Fsp3) is 0.500. The van der Waals surface area contributed by atoms with Crippen molar-refractivity contribution in [3.05, 3.63) is 102 Å². The van der Waals surface area contributed by atoms with Crippen molar-refractivity contribution in [2.75, 3.05) is 75.3 Å². The molecule has 3 aromatic rings. The number of primary amides is 1. The molecule has 0 aromatic heterocycles. The number of rotatable bonds is 30. The molecule has 10 amide bonds. The number of aliphatic imine (C=N–C) groups is 1. The van der Waals surface area contributed by atoms with Crippen LogP contribution in [0.5, 0.6) is 23.0 Å². The van der Waals surface area contributed by atoms with Gasteiger partial charge in [-0.25, -0.2) is 29.7 Å². The van der Waals surface area contributed by atoms with Gasteiger partial charge in [0.1, 0.15) is 29.6 Å².